The molecule has 3 aromatic rings. The number of nitrogens with zero attached hydrogens (tertiary/aromatic N) is 3. The first-order valence-corrected chi connectivity index (χ1v) is 7.55. The summed E-state index contributed by atoms with van der Waals surface area (Å²) in [4.78, 5) is 4.48. The topological polar surface area (TPSA) is 30.7 Å². The van der Waals surface area contributed by atoms with Crippen molar-refractivity contribution in [2.24, 2.45) is 0 Å². The Balaban J connectivity index is 2.03. The SMILES string of the molecule is CCc1c(C)nn(Cc2cc3ccccc3nc2Cl)c1C. The molecule has 0 bridgehead atoms. The highest BCUT2D eigenvalue weighted by Gasteiger charge is 2.12. The second-order valence-corrected chi connectivity index (χ2v) is 5.65. The molecule has 0 saturated carbocycles. The van der Waals surface area contributed by atoms with Gasteiger partial charge in [-0.15, -0.1) is 0 Å². The molecule has 0 spiro atoms. The molecular weight excluding hydrogens is 282 g/mol. The van der Waals surface area contributed by atoms with Crippen LogP contribution in [0, 0.1) is 13.8 Å². The standard InChI is InChI=1S/C17H18ClN3/c1-4-15-11(2)20-21(12(15)3)10-14-9-13-7-5-6-8-16(13)19-17(14)18/h5-9H,4,10H2,1-3H3. The number of fused-ring (bicyclic) bond motifs is 1. The molecule has 0 radical (unpaired) electrons. The lowest BCUT2D eigenvalue weighted by atomic mass is 10.1. The molecule has 1 aromatic carbocycles. The molecule has 2 aromatic heterocycles. The highest BCUT2D eigenvalue weighted by atomic mass is 35.5. The summed E-state index contributed by atoms with van der Waals surface area (Å²) >= 11 is 6.33. The summed E-state index contributed by atoms with van der Waals surface area (Å²) in [5.74, 6) is 0. The van der Waals surface area contributed by atoms with Crippen molar-refractivity contribution in [2.45, 2.75) is 33.7 Å². The fourth-order valence-electron chi connectivity index (χ4n) is 2.81. The Kier molecular flexibility index (Phi) is 3.68. The molecule has 0 fully saturated rings. The number of hydrogen-bond donors (Lipinski definition) is 0. The van der Waals surface area contributed by atoms with E-state index in [-0.39, 0.29) is 0 Å². The highest BCUT2D eigenvalue weighted by molar-refractivity contribution is 6.30. The second kappa shape index (κ2) is 5.49. The third-order valence-electron chi connectivity index (χ3n) is 3.96. The predicted octanol–water partition coefficient (Wildman–Crippen LogP) is 4.31. The number of benzene rings is 1. The molecular formula is C17H18ClN3. The summed E-state index contributed by atoms with van der Waals surface area (Å²) < 4.78 is 2.02. The highest BCUT2D eigenvalue weighted by Crippen LogP contribution is 2.22. The van der Waals surface area contributed by atoms with Gasteiger partial charge in [-0.1, -0.05) is 36.7 Å². The molecule has 4 heteroatoms. The van der Waals surface area contributed by atoms with Crippen LogP contribution in [-0.2, 0) is 13.0 Å². The minimum absolute atomic E-state index is 0.555. The largest absolute Gasteiger partial charge is 0.265 e. The predicted molar refractivity (Wildman–Crippen MR) is 86.9 cm³/mol. The molecule has 0 aliphatic heterocycles. The van der Waals surface area contributed by atoms with Crippen LogP contribution in [0.5, 0.6) is 0 Å². The smallest absolute Gasteiger partial charge is 0.134 e. The minimum Gasteiger partial charge on any atom is -0.265 e. The van der Waals surface area contributed by atoms with Crippen molar-refractivity contribution >= 4 is 22.5 Å². The lowest BCUT2D eigenvalue weighted by Crippen LogP contribution is -2.05. The number of aromatic nitrogens is 3. The van der Waals surface area contributed by atoms with Crippen molar-refractivity contribution in [1.82, 2.24) is 14.8 Å². The zero-order valence-corrected chi connectivity index (χ0v) is 13.3. The Morgan fingerprint density at radius 2 is 1.95 bits per heavy atom. The lowest BCUT2D eigenvalue weighted by molar-refractivity contribution is 0.657. The van der Waals surface area contributed by atoms with Crippen molar-refractivity contribution < 1.29 is 0 Å². The molecule has 0 unspecified atom stereocenters. The summed E-state index contributed by atoms with van der Waals surface area (Å²) in [6, 6.07) is 10.1. The average molecular weight is 300 g/mol. The maximum Gasteiger partial charge on any atom is 0.134 e. The molecule has 0 saturated heterocycles. The summed E-state index contributed by atoms with van der Waals surface area (Å²) in [6.45, 7) is 6.99. The lowest BCUT2D eigenvalue weighted by Gasteiger charge is -2.08. The molecule has 3 rings (SSSR count). The van der Waals surface area contributed by atoms with Gasteiger partial charge in [-0.3, -0.25) is 4.68 Å². The number of pyridine rings is 1. The van der Waals surface area contributed by atoms with Crippen LogP contribution >= 0.6 is 11.6 Å². The molecule has 21 heavy (non-hydrogen) atoms. The van der Waals surface area contributed by atoms with E-state index < -0.39 is 0 Å². The molecule has 0 atom stereocenters. The molecule has 0 N–H and O–H groups in total. The summed E-state index contributed by atoms with van der Waals surface area (Å²) in [7, 11) is 0. The van der Waals surface area contributed by atoms with Gasteiger partial charge in [-0.2, -0.15) is 5.10 Å². The Morgan fingerprint density at radius 1 is 1.19 bits per heavy atom. The first-order valence-electron chi connectivity index (χ1n) is 7.17. The third kappa shape index (κ3) is 2.54. The second-order valence-electron chi connectivity index (χ2n) is 5.29. The number of halogens is 1. The maximum atomic E-state index is 6.33. The van der Waals surface area contributed by atoms with E-state index >= 15 is 0 Å². The molecule has 2 heterocycles. The Hall–Kier alpha value is -1.87. The van der Waals surface area contributed by atoms with Gasteiger partial charge in [0.2, 0.25) is 0 Å². The van der Waals surface area contributed by atoms with Crippen LogP contribution in [0.2, 0.25) is 5.15 Å². The van der Waals surface area contributed by atoms with Crippen LogP contribution in [0.1, 0.15) is 29.4 Å². The van der Waals surface area contributed by atoms with Crippen LogP contribution in [0.15, 0.2) is 30.3 Å². The van der Waals surface area contributed by atoms with Crippen molar-refractivity contribution in [3.63, 3.8) is 0 Å². The van der Waals surface area contributed by atoms with Gasteiger partial charge in [-0.05, 0) is 38.0 Å². The van der Waals surface area contributed by atoms with Crippen LogP contribution < -0.4 is 0 Å². The summed E-state index contributed by atoms with van der Waals surface area (Å²) in [6.07, 6.45) is 1.00. The van der Waals surface area contributed by atoms with Crippen LogP contribution in [0.25, 0.3) is 10.9 Å². The van der Waals surface area contributed by atoms with Crippen molar-refractivity contribution in [3.05, 3.63) is 58.0 Å². The zero-order valence-electron chi connectivity index (χ0n) is 12.5. The quantitative estimate of drug-likeness (QED) is 0.675. The molecule has 3 nitrogen and oxygen atoms in total. The van der Waals surface area contributed by atoms with E-state index in [0.29, 0.717) is 11.7 Å². The Morgan fingerprint density at radius 3 is 2.67 bits per heavy atom. The van der Waals surface area contributed by atoms with E-state index in [2.05, 4.69) is 43.0 Å². The Labute approximate surface area is 129 Å². The van der Waals surface area contributed by atoms with Gasteiger partial charge in [-0.25, -0.2) is 4.98 Å². The number of para-hydroxylation sites is 1. The van der Waals surface area contributed by atoms with Gasteiger partial charge >= 0.3 is 0 Å². The normalized spacial score (nSPS) is 11.2. The molecule has 0 aliphatic carbocycles. The fraction of sp³-hybridized carbons (Fsp3) is 0.294. The van der Waals surface area contributed by atoms with Crippen LogP contribution in [0.4, 0.5) is 0 Å². The maximum absolute atomic E-state index is 6.33. The Bertz CT molecular complexity index is 805. The van der Waals surface area contributed by atoms with E-state index in [0.717, 1.165) is 28.6 Å². The van der Waals surface area contributed by atoms with Crippen molar-refractivity contribution in [3.8, 4) is 0 Å². The van der Waals surface area contributed by atoms with Gasteiger partial charge < -0.3 is 0 Å². The molecule has 0 aliphatic rings. The van der Waals surface area contributed by atoms with Gasteiger partial charge in [0.25, 0.3) is 0 Å². The number of hydrogen-bond acceptors (Lipinski definition) is 2. The first kappa shape index (κ1) is 14.1. The third-order valence-corrected chi connectivity index (χ3v) is 4.28. The van der Waals surface area contributed by atoms with Gasteiger partial charge in [0, 0.05) is 16.6 Å². The van der Waals surface area contributed by atoms with Gasteiger partial charge in [0.05, 0.1) is 17.8 Å². The van der Waals surface area contributed by atoms with E-state index in [1.165, 1.54) is 11.3 Å². The monoisotopic (exact) mass is 299 g/mol. The number of rotatable bonds is 3. The van der Waals surface area contributed by atoms with Crippen LogP contribution in [-0.4, -0.2) is 14.8 Å². The minimum atomic E-state index is 0.555. The van der Waals surface area contributed by atoms with Gasteiger partial charge in [0.15, 0.2) is 0 Å². The summed E-state index contributed by atoms with van der Waals surface area (Å²) in [5, 5.41) is 6.29. The van der Waals surface area contributed by atoms with Gasteiger partial charge in [0.1, 0.15) is 5.15 Å². The zero-order chi connectivity index (χ0) is 15.0. The fourth-order valence-corrected chi connectivity index (χ4v) is 3.01. The van der Waals surface area contributed by atoms with Crippen molar-refractivity contribution in [1.29, 1.82) is 0 Å². The van der Waals surface area contributed by atoms with Crippen molar-refractivity contribution in [2.75, 3.05) is 0 Å². The first-order chi connectivity index (χ1) is 10.1. The van der Waals surface area contributed by atoms with E-state index in [1.54, 1.807) is 0 Å². The van der Waals surface area contributed by atoms with E-state index in [1.807, 2.05) is 22.9 Å². The average Bonchev–Trinajstić information content (AvgIpc) is 2.73. The van der Waals surface area contributed by atoms with Crippen LogP contribution in [0.3, 0.4) is 0 Å². The molecule has 0 amide bonds. The van der Waals surface area contributed by atoms with E-state index in [4.69, 9.17) is 11.6 Å². The number of aryl methyl sites for hydroxylation is 1. The summed E-state index contributed by atoms with van der Waals surface area (Å²) in [5.41, 5.74) is 5.55. The molecule has 108 valence electrons. The van der Waals surface area contributed by atoms with E-state index in [9.17, 15) is 0 Å².